The van der Waals surface area contributed by atoms with E-state index in [1.807, 2.05) is 0 Å². The van der Waals surface area contributed by atoms with E-state index < -0.39 is 50.5 Å². The Morgan fingerprint density at radius 1 is 0.857 bits per heavy atom. The van der Waals surface area contributed by atoms with Gasteiger partial charge in [-0.15, -0.1) is 0 Å². The third kappa shape index (κ3) is 8.70. The molecule has 4 rings (SSSR count). The summed E-state index contributed by atoms with van der Waals surface area (Å²) in [6.07, 6.45) is -7.25. The lowest BCUT2D eigenvalue weighted by atomic mass is 9.96. The van der Waals surface area contributed by atoms with Gasteiger partial charge in [-0.3, -0.25) is 4.52 Å². The Balaban J connectivity index is 1.58. The van der Waals surface area contributed by atoms with Crippen LogP contribution < -0.4 is 10.5 Å². The molecule has 42 heavy (non-hydrogen) atoms. The number of esters is 2. The molecule has 5 atom stereocenters. The predicted molar refractivity (Wildman–Crippen MR) is 148 cm³/mol. The number of benzene rings is 3. The van der Waals surface area contributed by atoms with Crippen molar-refractivity contribution >= 4 is 19.8 Å². The van der Waals surface area contributed by atoms with Gasteiger partial charge in [0.15, 0.2) is 6.10 Å². The zero-order chi connectivity index (χ0) is 30.1. The molecule has 3 aromatic rings. The number of phosphoric acid groups is 1. The minimum Gasteiger partial charge on any atom is -0.462 e. The Labute approximate surface area is 242 Å². The fourth-order valence-electron chi connectivity index (χ4n) is 4.35. The highest BCUT2D eigenvalue weighted by atomic mass is 31.2. The van der Waals surface area contributed by atoms with Crippen molar-refractivity contribution in [2.24, 2.45) is 5.73 Å². The van der Waals surface area contributed by atoms with Crippen LogP contribution in [0, 0.1) is 0 Å². The Kier molecular flexibility index (Phi) is 10.8. The number of ether oxygens (including phenoxy) is 4. The maximum Gasteiger partial charge on any atom is 0.470 e. The van der Waals surface area contributed by atoms with Crippen molar-refractivity contribution in [1.29, 1.82) is 0 Å². The maximum atomic E-state index is 13.0. The van der Waals surface area contributed by atoms with Crippen molar-refractivity contribution in [3.8, 4) is 5.75 Å². The van der Waals surface area contributed by atoms with Gasteiger partial charge in [0.05, 0.1) is 23.8 Å². The molecule has 1 saturated heterocycles. The van der Waals surface area contributed by atoms with Crippen molar-refractivity contribution in [3.63, 3.8) is 0 Å². The number of aliphatic hydroxyl groups is 1. The van der Waals surface area contributed by atoms with Crippen molar-refractivity contribution in [2.45, 2.75) is 43.5 Å². The number of aliphatic hydroxyl groups excluding tert-OH is 1. The summed E-state index contributed by atoms with van der Waals surface area (Å²) in [5.41, 5.74) is 7.01. The number of carbonyl (C=O) groups is 2. The highest BCUT2D eigenvalue weighted by molar-refractivity contribution is 7.46. The molecule has 0 aromatic heterocycles. The molecule has 0 saturated carbocycles. The normalized spacial score (nSPS) is 22.2. The van der Waals surface area contributed by atoms with Gasteiger partial charge in [-0.05, 0) is 54.9 Å². The summed E-state index contributed by atoms with van der Waals surface area (Å²) in [7, 11) is -5.22. The van der Waals surface area contributed by atoms with E-state index in [0.717, 1.165) is 5.56 Å². The van der Waals surface area contributed by atoms with Gasteiger partial charge in [0.25, 0.3) is 0 Å². The second-order valence-electron chi connectivity index (χ2n) is 9.42. The topological polar surface area (TPSA) is 184 Å². The van der Waals surface area contributed by atoms with Gasteiger partial charge in [0.2, 0.25) is 6.29 Å². The Morgan fingerprint density at radius 2 is 1.45 bits per heavy atom. The molecule has 0 bridgehead atoms. The highest BCUT2D eigenvalue weighted by Crippen LogP contribution is 2.42. The summed E-state index contributed by atoms with van der Waals surface area (Å²) >= 11 is 0. The van der Waals surface area contributed by atoms with Crippen LogP contribution in [0.1, 0.15) is 32.7 Å². The fraction of sp³-hybridized carbons (Fsp3) is 0.310. The van der Waals surface area contributed by atoms with Gasteiger partial charge in [-0.2, -0.15) is 0 Å². The molecule has 0 radical (unpaired) electrons. The molecule has 12 nitrogen and oxygen atoms in total. The van der Waals surface area contributed by atoms with Crippen LogP contribution in [0.25, 0.3) is 0 Å². The minimum atomic E-state index is -5.22. The van der Waals surface area contributed by atoms with E-state index in [1.54, 1.807) is 72.8 Å². The van der Waals surface area contributed by atoms with Crippen LogP contribution >= 0.6 is 7.82 Å². The number of rotatable bonds is 12. The summed E-state index contributed by atoms with van der Waals surface area (Å²) in [5.74, 6) is -1.19. The lowest BCUT2D eigenvalue weighted by Crippen LogP contribution is -2.61. The number of nitrogens with two attached hydrogens (primary N) is 1. The van der Waals surface area contributed by atoms with Crippen molar-refractivity contribution in [1.82, 2.24) is 0 Å². The summed E-state index contributed by atoms with van der Waals surface area (Å²) < 4.78 is 39.7. The van der Waals surface area contributed by atoms with Crippen molar-refractivity contribution in [2.75, 3.05) is 13.2 Å². The molecule has 0 amide bonds. The third-order valence-corrected chi connectivity index (χ3v) is 6.90. The third-order valence-electron chi connectivity index (χ3n) is 6.38. The number of phosphoric ester groups is 1. The molecular formula is C29H32NO11P. The van der Waals surface area contributed by atoms with Crippen molar-refractivity contribution < 1.29 is 52.5 Å². The first-order chi connectivity index (χ1) is 20.1. The van der Waals surface area contributed by atoms with Crippen LogP contribution in [0.4, 0.5) is 0 Å². The molecule has 0 aliphatic carbocycles. The number of hydrogen-bond acceptors (Lipinski definition) is 10. The molecule has 1 aliphatic rings. The van der Waals surface area contributed by atoms with E-state index in [4.69, 9.17) is 29.2 Å². The molecule has 1 fully saturated rings. The summed E-state index contributed by atoms with van der Waals surface area (Å²) in [6.45, 7) is 0.228. The van der Waals surface area contributed by atoms with Gasteiger partial charge >= 0.3 is 19.8 Å². The van der Waals surface area contributed by atoms with Crippen LogP contribution in [0.15, 0.2) is 84.9 Å². The second-order valence-corrected chi connectivity index (χ2v) is 10.6. The molecule has 13 heteroatoms. The standard InChI is InChI=1S/C29H32NO11P/c30-17-15-19-11-13-22(14-12-19)38-29-26(40-28(33)21-9-5-2-6-10-21)25(41-42(34,35)36)24(31)23(39-29)16-18-37-27(32)20-7-3-1-4-8-20/h1-14,23-26,29,31H,15-18,30H2,(H2,34,35,36)/t23?,24-,25+,26-,29-/m1/s1. The quantitative estimate of drug-likeness (QED) is 0.176. The average Bonchev–Trinajstić information content (AvgIpc) is 2.98. The molecule has 5 N–H and O–H groups in total. The predicted octanol–water partition coefficient (Wildman–Crippen LogP) is 2.60. The zero-order valence-electron chi connectivity index (χ0n) is 22.4. The highest BCUT2D eigenvalue weighted by Gasteiger charge is 2.51. The SMILES string of the molecule is NCCc1ccc(O[C@@H]2OC(CCOC(=O)c3ccccc3)[C@@H](O)[C@H](OP(=O)(O)O)[C@H]2OC(=O)c2ccccc2)cc1. The van der Waals surface area contributed by atoms with E-state index in [-0.39, 0.29) is 24.3 Å². The minimum absolute atomic E-state index is 0.102. The van der Waals surface area contributed by atoms with Crippen LogP contribution in [-0.2, 0) is 29.7 Å². The fourth-order valence-corrected chi connectivity index (χ4v) is 4.92. The molecule has 1 heterocycles. The molecule has 224 valence electrons. The first-order valence-electron chi connectivity index (χ1n) is 13.2. The van der Waals surface area contributed by atoms with Crippen LogP contribution in [-0.4, -0.2) is 70.7 Å². The van der Waals surface area contributed by atoms with Crippen molar-refractivity contribution in [3.05, 3.63) is 102 Å². The Hall–Kier alpha value is -3.61. The van der Waals surface area contributed by atoms with Gasteiger partial charge in [0, 0.05) is 6.42 Å². The van der Waals surface area contributed by atoms with Gasteiger partial charge < -0.3 is 39.6 Å². The average molecular weight is 602 g/mol. The Bertz CT molecular complexity index is 1350. The van der Waals surface area contributed by atoms with Crippen LogP contribution in [0.5, 0.6) is 5.75 Å². The van der Waals surface area contributed by atoms with E-state index in [2.05, 4.69) is 0 Å². The van der Waals surface area contributed by atoms with Gasteiger partial charge in [0.1, 0.15) is 18.0 Å². The maximum absolute atomic E-state index is 13.0. The largest absolute Gasteiger partial charge is 0.470 e. The van der Waals surface area contributed by atoms with E-state index >= 15 is 0 Å². The van der Waals surface area contributed by atoms with Crippen LogP contribution in [0.2, 0.25) is 0 Å². The molecule has 3 aromatic carbocycles. The molecule has 0 spiro atoms. The lowest BCUT2D eigenvalue weighted by molar-refractivity contribution is -0.270. The Morgan fingerprint density at radius 3 is 2.02 bits per heavy atom. The number of hydrogen-bond donors (Lipinski definition) is 4. The van der Waals surface area contributed by atoms with Gasteiger partial charge in [-0.25, -0.2) is 14.2 Å². The van der Waals surface area contributed by atoms with E-state index in [1.165, 1.54) is 12.1 Å². The molecular weight excluding hydrogens is 569 g/mol. The first-order valence-corrected chi connectivity index (χ1v) is 14.7. The van der Waals surface area contributed by atoms with Crippen LogP contribution in [0.3, 0.4) is 0 Å². The summed E-state index contributed by atoms with van der Waals surface area (Å²) in [4.78, 5) is 44.6. The lowest BCUT2D eigenvalue weighted by Gasteiger charge is -2.43. The number of carbonyl (C=O) groups excluding carboxylic acids is 2. The van der Waals surface area contributed by atoms with E-state index in [0.29, 0.717) is 18.5 Å². The first kappa shape index (κ1) is 31.3. The summed E-state index contributed by atoms with van der Waals surface area (Å²) in [5, 5.41) is 11.1. The zero-order valence-corrected chi connectivity index (χ0v) is 23.3. The molecule has 1 aliphatic heterocycles. The molecule has 1 unspecified atom stereocenters. The monoisotopic (exact) mass is 601 g/mol. The van der Waals surface area contributed by atoms with Gasteiger partial charge in [-0.1, -0.05) is 48.5 Å². The van der Waals surface area contributed by atoms with E-state index in [9.17, 15) is 29.0 Å². The summed E-state index contributed by atoms with van der Waals surface area (Å²) in [6, 6.07) is 22.9. The second kappa shape index (κ2) is 14.5. The smallest absolute Gasteiger partial charge is 0.462 e.